The van der Waals surface area contributed by atoms with Crippen molar-refractivity contribution in [3.8, 4) is 28.5 Å². The summed E-state index contributed by atoms with van der Waals surface area (Å²) in [7, 11) is 1.94. The van der Waals surface area contributed by atoms with Crippen LogP contribution in [0.25, 0.3) is 28.5 Å². The van der Waals surface area contributed by atoms with Crippen LogP contribution in [-0.4, -0.2) is 39.3 Å². The van der Waals surface area contributed by atoms with E-state index in [1.807, 2.05) is 83.3 Å². The molecule has 0 atom stereocenters. The topological polar surface area (TPSA) is 99.2 Å². The van der Waals surface area contributed by atoms with E-state index in [4.69, 9.17) is 0 Å². The van der Waals surface area contributed by atoms with Gasteiger partial charge in [0.2, 0.25) is 0 Å². The lowest BCUT2D eigenvalue weighted by molar-refractivity contribution is 0.684. The highest BCUT2D eigenvalue weighted by Crippen LogP contribution is 2.28. The molecule has 9 nitrogen and oxygen atoms in total. The van der Waals surface area contributed by atoms with Gasteiger partial charge in [0.25, 0.3) is 0 Å². The Morgan fingerprint density at radius 1 is 1.03 bits per heavy atom. The van der Waals surface area contributed by atoms with E-state index in [1.54, 1.807) is 4.57 Å². The molecule has 33 heavy (non-hydrogen) atoms. The molecule has 0 aliphatic carbocycles. The first kappa shape index (κ1) is 20.6. The predicted octanol–water partition coefficient (Wildman–Crippen LogP) is 3.22. The molecule has 1 N–H and O–H groups in total. The molecule has 5 aromatic rings. The standard InChI is InChI=1S/C24H24N8O/c1-3-7-18-16-32(22-10-6-13-30(22)2)24(33)31(18)15-17-11-12-21(25-14-17)19-8-4-5-9-20(19)23-26-28-29-27-23/h4-6,8-14,16H,3,7,15H2,1-2H3,(H,26,27,28,29). The Bertz CT molecular complexity index is 1420. The number of nitrogens with one attached hydrogen (secondary N) is 1. The fourth-order valence-corrected chi connectivity index (χ4v) is 4.06. The third kappa shape index (κ3) is 3.89. The Kier molecular flexibility index (Phi) is 5.43. The molecule has 4 aromatic heterocycles. The smallest absolute Gasteiger partial charge is 0.334 e. The quantitative estimate of drug-likeness (QED) is 0.419. The van der Waals surface area contributed by atoms with Crippen molar-refractivity contribution < 1.29 is 0 Å². The van der Waals surface area contributed by atoms with Gasteiger partial charge < -0.3 is 4.57 Å². The SMILES string of the molecule is CCCc1cn(-c2cccn2C)c(=O)n1Cc1ccc(-c2ccccc2-c2nnn[nH]2)nc1. The second-order valence-corrected chi connectivity index (χ2v) is 7.93. The van der Waals surface area contributed by atoms with E-state index in [0.717, 1.165) is 46.7 Å². The highest BCUT2D eigenvalue weighted by Gasteiger charge is 2.15. The highest BCUT2D eigenvalue weighted by molar-refractivity contribution is 5.78. The van der Waals surface area contributed by atoms with Gasteiger partial charge in [-0.3, -0.25) is 14.1 Å². The Morgan fingerprint density at radius 3 is 2.55 bits per heavy atom. The van der Waals surface area contributed by atoms with Crippen LogP contribution in [0.5, 0.6) is 0 Å². The fourth-order valence-electron chi connectivity index (χ4n) is 4.06. The summed E-state index contributed by atoms with van der Waals surface area (Å²) in [5.41, 5.74) is 4.54. The second kappa shape index (κ2) is 8.70. The summed E-state index contributed by atoms with van der Waals surface area (Å²) in [4.78, 5) is 17.9. The number of benzene rings is 1. The summed E-state index contributed by atoms with van der Waals surface area (Å²) in [6.07, 6.45) is 7.50. The van der Waals surface area contributed by atoms with Gasteiger partial charge in [-0.1, -0.05) is 43.7 Å². The average Bonchev–Trinajstić information content (AvgIpc) is 3.58. The normalized spacial score (nSPS) is 11.2. The number of rotatable bonds is 7. The molecule has 0 saturated heterocycles. The maximum absolute atomic E-state index is 13.3. The summed E-state index contributed by atoms with van der Waals surface area (Å²) in [6, 6.07) is 15.7. The minimum atomic E-state index is -0.0486. The molecule has 0 saturated carbocycles. The van der Waals surface area contributed by atoms with E-state index in [1.165, 1.54) is 0 Å². The number of aromatic amines is 1. The molecule has 0 aliphatic rings. The minimum Gasteiger partial charge on any atom is -0.337 e. The van der Waals surface area contributed by atoms with Crippen LogP contribution in [0.1, 0.15) is 24.6 Å². The number of hydrogen-bond donors (Lipinski definition) is 1. The summed E-state index contributed by atoms with van der Waals surface area (Å²) in [5.74, 6) is 1.44. The number of aryl methyl sites for hydroxylation is 2. The summed E-state index contributed by atoms with van der Waals surface area (Å²) >= 11 is 0. The molecule has 0 amide bonds. The highest BCUT2D eigenvalue weighted by atomic mass is 16.1. The van der Waals surface area contributed by atoms with E-state index in [0.29, 0.717) is 12.4 Å². The number of nitrogens with zero attached hydrogens (tertiary/aromatic N) is 7. The van der Waals surface area contributed by atoms with Gasteiger partial charge in [-0.15, -0.1) is 5.10 Å². The van der Waals surface area contributed by atoms with Gasteiger partial charge in [0.15, 0.2) is 5.82 Å². The Hall–Kier alpha value is -4.27. The molecule has 0 bridgehead atoms. The molecule has 0 fully saturated rings. The van der Waals surface area contributed by atoms with Crippen LogP contribution in [-0.2, 0) is 20.0 Å². The molecule has 0 radical (unpaired) electrons. The molecule has 1 aromatic carbocycles. The molecule has 0 spiro atoms. The number of imidazole rings is 1. The lowest BCUT2D eigenvalue weighted by Crippen LogP contribution is -2.25. The van der Waals surface area contributed by atoms with Crippen molar-refractivity contribution in [3.63, 3.8) is 0 Å². The molecule has 0 aliphatic heterocycles. The van der Waals surface area contributed by atoms with Crippen LogP contribution in [0.15, 0.2) is 71.9 Å². The fraction of sp³-hybridized carbons (Fsp3) is 0.208. The van der Waals surface area contributed by atoms with Crippen molar-refractivity contribution in [1.82, 2.24) is 39.3 Å². The number of hydrogen-bond acceptors (Lipinski definition) is 5. The molecule has 0 unspecified atom stereocenters. The van der Waals surface area contributed by atoms with Crippen LogP contribution < -0.4 is 5.69 Å². The first-order valence-electron chi connectivity index (χ1n) is 10.9. The second-order valence-electron chi connectivity index (χ2n) is 7.93. The first-order valence-corrected chi connectivity index (χ1v) is 10.9. The van der Waals surface area contributed by atoms with E-state index in [9.17, 15) is 4.79 Å². The summed E-state index contributed by atoms with van der Waals surface area (Å²) in [6.45, 7) is 2.58. The van der Waals surface area contributed by atoms with Crippen molar-refractivity contribution in [2.24, 2.45) is 7.05 Å². The monoisotopic (exact) mass is 440 g/mol. The largest absolute Gasteiger partial charge is 0.337 e. The van der Waals surface area contributed by atoms with Gasteiger partial charge in [-0.25, -0.2) is 9.89 Å². The number of pyridine rings is 1. The van der Waals surface area contributed by atoms with Crippen LogP contribution in [0.2, 0.25) is 0 Å². The lowest BCUT2D eigenvalue weighted by atomic mass is 10.0. The Balaban J connectivity index is 1.47. The minimum absolute atomic E-state index is 0.0486. The van der Waals surface area contributed by atoms with E-state index in [-0.39, 0.29) is 5.69 Å². The lowest BCUT2D eigenvalue weighted by Gasteiger charge is -2.09. The van der Waals surface area contributed by atoms with Gasteiger partial charge >= 0.3 is 5.69 Å². The third-order valence-electron chi connectivity index (χ3n) is 5.70. The zero-order valence-corrected chi connectivity index (χ0v) is 18.5. The molecule has 5 rings (SSSR count). The maximum atomic E-state index is 13.3. The van der Waals surface area contributed by atoms with Crippen molar-refractivity contribution in [2.45, 2.75) is 26.3 Å². The van der Waals surface area contributed by atoms with Crippen molar-refractivity contribution >= 4 is 0 Å². The molecule has 166 valence electrons. The molecule has 9 heteroatoms. The van der Waals surface area contributed by atoms with Gasteiger partial charge in [-0.05, 0) is 40.6 Å². The van der Waals surface area contributed by atoms with Gasteiger partial charge in [0.1, 0.15) is 5.82 Å². The van der Waals surface area contributed by atoms with E-state index in [2.05, 4.69) is 32.5 Å². The van der Waals surface area contributed by atoms with Crippen LogP contribution in [0.3, 0.4) is 0 Å². The Morgan fingerprint density at radius 2 is 1.88 bits per heavy atom. The van der Waals surface area contributed by atoms with Crippen molar-refractivity contribution in [1.29, 1.82) is 0 Å². The number of aromatic nitrogens is 8. The van der Waals surface area contributed by atoms with Gasteiger partial charge in [-0.2, -0.15) is 0 Å². The Labute approximate surface area is 190 Å². The van der Waals surface area contributed by atoms with Gasteiger partial charge in [0, 0.05) is 42.5 Å². The maximum Gasteiger partial charge on any atom is 0.334 e. The van der Waals surface area contributed by atoms with E-state index >= 15 is 0 Å². The zero-order valence-electron chi connectivity index (χ0n) is 18.5. The van der Waals surface area contributed by atoms with Crippen LogP contribution >= 0.6 is 0 Å². The molecular formula is C24H24N8O. The zero-order chi connectivity index (χ0) is 22.8. The molecule has 4 heterocycles. The van der Waals surface area contributed by atoms with Crippen molar-refractivity contribution in [2.75, 3.05) is 0 Å². The number of H-pyrrole nitrogens is 1. The summed E-state index contributed by atoms with van der Waals surface area (Å²) in [5, 5.41) is 14.2. The van der Waals surface area contributed by atoms with Crippen molar-refractivity contribution in [3.05, 3.63) is 88.9 Å². The van der Waals surface area contributed by atoms with Gasteiger partial charge in [0.05, 0.1) is 12.2 Å². The number of tetrazole rings is 1. The van der Waals surface area contributed by atoms with Crippen LogP contribution in [0, 0.1) is 0 Å². The van der Waals surface area contributed by atoms with Crippen LogP contribution in [0.4, 0.5) is 0 Å². The molecular weight excluding hydrogens is 416 g/mol. The third-order valence-corrected chi connectivity index (χ3v) is 5.70. The average molecular weight is 441 g/mol. The summed E-state index contributed by atoms with van der Waals surface area (Å²) < 4.78 is 5.50. The van der Waals surface area contributed by atoms with E-state index < -0.39 is 0 Å². The predicted molar refractivity (Wildman–Crippen MR) is 125 cm³/mol. The first-order chi connectivity index (χ1) is 16.2.